The maximum Gasteiger partial charge on any atom is 0.293 e. The zero-order chi connectivity index (χ0) is 23.2. The molecule has 0 heterocycles. The van der Waals surface area contributed by atoms with Gasteiger partial charge in [-0.05, 0) is 62.5 Å². The van der Waals surface area contributed by atoms with Gasteiger partial charge in [0.05, 0.1) is 6.04 Å². The molecule has 32 heavy (non-hydrogen) atoms. The molecule has 0 saturated carbocycles. The third-order valence-corrected chi connectivity index (χ3v) is 5.07. The number of likely N-dealkylation sites (N-methyl/N-ethyl adjacent to an activating group) is 1. The fourth-order valence-electron chi connectivity index (χ4n) is 3.25. The van der Waals surface area contributed by atoms with E-state index >= 15 is 0 Å². The van der Waals surface area contributed by atoms with Crippen LogP contribution in [0.3, 0.4) is 0 Å². The van der Waals surface area contributed by atoms with Crippen molar-refractivity contribution in [2.45, 2.75) is 44.4 Å². The summed E-state index contributed by atoms with van der Waals surface area (Å²) >= 11 is 0. The number of amides is 2. The van der Waals surface area contributed by atoms with Gasteiger partial charge in [0.1, 0.15) is 12.6 Å². The number of rotatable bonds is 14. The van der Waals surface area contributed by atoms with Crippen LogP contribution < -0.4 is 21.7 Å². The second-order valence-corrected chi connectivity index (χ2v) is 7.47. The number of nitrogens with one attached hydrogen (secondary N) is 3. The lowest BCUT2D eigenvalue weighted by molar-refractivity contribution is -0.129. The second kappa shape index (κ2) is 14.0. The molecule has 0 spiro atoms. The first-order chi connectivity index (χ1) is 15.6. The molecule has 0 saturated heterocycles. The molecular formula is C24H32N4O4. The van der Waals surface area contributed by atoms with Crippen LogP contribution in [0.25, 0.3) is 0 Å². The Balaban J connectivity index is 2.02. The van der Waals surface area contributed by atoms with Crippen molar-refractivity contribution >= 4 is 24.0 Å². The van der Waals surface area contributed by atoms with Crippen molar-refractivity contribution in [2.24, 2.45) is 5.73 Å². The van der Waals surface area contributed by atoms with Gasteiger partial charge in [-0.1, -0.05) is 42.5 Å². The number of carbonyl (C=O) groups excluding carboxylic acids is 3. The summed E-state index contributed by atoms with van der Waals surface area (Å²) in [6.45, 7) is 1.09. The normalized spacial score (nSPS) is 12.4. The lowest BCUT2D eigenvalue weighted by Gasteiger charge is -2.22. The highest BCUT2D eigenvalue weighted by atomic mass is 16.5. The van der Waals surface area contributed by atoms with Crippen molar-refractivity contribution in [3.63, 3.8) is 0 Å². The van der Waals surface area contributed by atoms with E-state index in [-0.39, 0.29) is 18.4 Å². The van der Waals surface area contributed by atoms with Crippen molar-refractivity contribution in [3.05, 3.63) is 65.7 Å². The molecule has 2 aromatic rings. The summed E-state index contributed by atoms with van der Waals surface area (Å²) in [5, 5.41) is 8.78. The van der Waals surface area contributed by atoms with Crippen LogP contribution in [0.5, 0.6) is 0 Å². The molecule has 0 unspecified atom stereocenters. The minimum absolute atomic E-state index is 0.169. The first-order valence-electron chi connectivity index (χ1n) is 10.7. The Labute approximate surface area is 188 Å². The third-order valence-electron chi connectivity index (χ3n) is 5.07. The summed E-state index contributed by atoms with van der Waals surface area (Å²) in [7, 11) is 1.73. The molecule has 2 aromatic carbocycles. The molecule has 0 aliphatic carbocycles. The number of unbranched alkanes of at least 4 members (excludes halogenated alkanes) is 1. The van der Waals surface area contributed by atoms with E-state index in [0.717, 1.165) is 24.0 Å². The lowest BCUT2D eigenvalue weighted by Crippen LogP contribution is -2.51. The Morgan fingerprint density at radius 3 is 2.31 bits per heavy atom. The molecule has 0 radical (unpaired) electrons. The molecule has 0 aliphatic heterocycles. The van der Waals surface area contributed by atoms with Gasteiger partial charge >= 0.3 is 0 Å². The standard InChI is InChI=1S/C24H32N4O4/c1-26-22(15-18-7-3-2-4-8-18)24(31)28-21(9-5-6-14-25)23(30)27-20-12-10-19(11-13-20)16-32-17-29/h2-4,7-8,10-13,17,21-22,26H,5-6,9,14-16,25H2,1H3,(H,27,30)(H,28,31)/t21-,22-/m0/s1. The van der Waals surface area contributed by atoms with E-state index in [4.69, 9.17) is 10.5 Å². The van der Waals surface area contributed by atoms with E-state index in [1.54, 1.807) is 31.3 Å². The number of carbonyl (C=O) groups is 3. The van der Waals surface area contributed by atoms with E-state index in [2.05, 4.69) is 16.0 Å². The topological polar surface area (TPSA) is 123 Å². The number of hydrogen-bond acceptors (Lipinski definition) is 6. The fourth-order valence-corrected chi connectivity index (χ4v) is 3.25. The minimum atomic E-state index is -0.682. The number of benzene rings is 2. The predicted octanol–water partition coefficient (Wildman–Crippen LogP) is 1.74. The minimum Gasteiger partial charge on any atom is -0.463 e. The third kappa shape index (κ3) is 8.49. The highest BCUT2D eigenvalue weighted by Crippen LogP contribution is 2.12. The van der Waals surface area contributed by atoms with Crippen molar-refractivity contribution in [1.29, 1.82) is 0 Å². The molecule has 0 aliphatic rings. The van der Waals surface area contributed by atoms with E-state index < -0.39 is 12.1 Å². The zero-order valence-corrected chi connectivity index (χ0v) is 18.4. The van der Waals surface area contributed by atoms with Crippen LogP contribution in [-0.2, 0) is 32.1 Å². The highest BCUT2D eigenvalue weighted by Gasteiger charge is 2.25. The summed E-state index contributed by atoms with van der Waals surface area (Å²) < 4.78 is 4.72. The molecule has 0 bridgehead atoms. The second-order valence-electron chi connectivity index (χ2n) is 7.47. The number of anilines is 1. The summed E-state index contributed by atoms with van der Waals surface area (Å²) in [5.41, 5.74) is 8.02. The van der Waals surface area contributed by atoms with Gasteiger partial charge in [0.25, 0.3) is 6.47 Å². The molecule has 0 aromatic heterocycles. The molecule has 2 rings (SSSR count). The number of ether oxygens (including phenoxy) is 1. The summed E-state index contributed by atoms with van der Waals surface area (Å²) in [4.78, 5) is 36.1. The first-order valence-corrected chi connectivity index (χ1v) is 10.7. The van der Waals surface area contributed by atoms with Gasteiger partial charge in [-0.3, -0.25) is 14.4 Å². The molecule has 0 fully saturated rings. The van der Waals surface area contributed by atoms with Gasteiger partial charge in [-0.2, -0.15) is 0 Å². The van der Waals surface area contributed by atoms with Crippen LogP contribution in [0.4, 0.5) is 5.69 Å². The van der Waals surface area contributed by atoms with Crippen LogP contribution in [0, 0.1) is 0 Å². The van der Waals surface area contributed by atoms with E-state index in [1.807, 2.05) is 30.3 Å². The Morgan fingerprint density at radius 2 is 1.69 bits per heavy atom. The largest absolute Gasteiger partial charge is 0.463 e. The lowest BCUT2D eigenvalue weighted by atomic mass is 10.0. The fraction of sp³-hybridized carbons (Fsp3) is 0.375. The van der Waals surface area contributed by atoms with Gasteiger partial charge in [0.15, 0.2) is 0 Å². The first kappa shape index (κ1) is 25.0. The van der Waals surface area contributed by atoms with Gasteiger partial charge in [0, 0.05) is 5.69 Å². The Morgan fingerprint density at radius 1 is 0.969 bits per heavy atom. The van der Waals surface area contributed by atoms with Gasteiger partial charge < -0.3 is 26.4 Å². The molecule has 2 amide bonds. The molecule has 5 N–H and O–H groups in total. The van der Waals surface area contributed by atoms with E-state index in [9.17, 15) is 14.4 Å². The average molecular weight is 441 g/mol. The number of nitrogens with two attached hydrogens (primary N) is 1. The van der Waals surface area contributed by atoms with Crippen LogP contribution in [-0.4, -0.2) is 44.0 Å². The number of hydrogen-bond donors (Lipinski definition) is 4. The zero-order valence-electron chi connectivity index (χ0n) is 18.4. The smallest absolute Gasteiger partial charge is 0.293 e. The average Bonchev–Trinajstić information content (AvgIpc) is 2.82. The van der Waals surface area contributed by atoms with Crippen LogP contribution in [0.2, 0.25) is 0 Å². The van der Waals surface area contributed by atoms with E-state index in [0.29, 0.717) is 31.5 Å². The highest BCUT2D eigenvalue weighted by molar-refractivity contribution is 5.97. The summed E-state index contributed by atoms with van der Waals surface area (Å²) in [5.74, 6) is -0.521. The summed E-state index contributed by atoms with van der Waals surface area (Å²) in [6, 6.07) is 15.6. The van der Waals surface area contributed by atoms with Crippen molar-refractivity contribution in [1.82, 2.24) is 10.6 Å². The van der Waals surface area contributed by atoms with Gasteiger partial charge in [0.2, 0.25) is 11.8 Å². The quantitative estimate of drug-likeness (QED) is 0.262. The monoisotopic (exact) mass is 440 g/mol. The van der Waals surface area contributed by atoms with E-state index in [1.165, 1.54) is 0 Å². The van der Waals surface area contributed by atoms with Crippen molar-refractivity contribution < 1.29 is 19.1 Å². The van der Waals surface area contributed by atoms with Crippen LogP contribution in [0.1, 0.15) is 30.4 Å². The molecule has 8 heteroatoms. The SMILES string of the molecule is CN[C@@H](Cc1ccccc1)C(=O)N[C@@H](CCCCN)C(=O)Nc1ccc(COC=O)cc1. The maximum atomic E-state index is 12.9. The molecular weight excluding hydrogens is 408 g/mol. The molecule has 2 atom stereocenters. The Kier molecular flexibility index (Phi) is 10.9. The predicted molar refractivity (Wildman–Crippen MR) is 124 cm³/mol. The van der Waals surface area contributed by atoms with Gasteiger partial charge in [-0.15, -0.1) is 0 Å². The maximum absolute atomic E-state index is 12.9. The Bertz CT molecular complexity index is 843. The Hall–Kier alpha value is -3.23. The summed E-state index contributed by atoms with van der Waals surface area (Å²) in [6.07, 6.45) is 2.50. The molecule has 172 valence electrons. The van der Waals surface area contributed by atoms with Crippen molar-refractivity contribution in [3.8, 4) is 0 Å². The van der Waals surface area contributed by atoms with Gasteiger partial charge in [-0.25, -0.2) is 0 Å². The van der Waals surface area contributed by atoms with Crippen molar-refractivity contribution in [2.75, 3.05) is 18.9 Å². The van der Waals surface area contributed by atoms with Crippen LogP contribution in [0.15, 0.2) is 54.6 Å². The van der Waals surface area contributed by atoms with Crippen LogP contribution >= 0.6 is 0 Å². The molecule has 8 nitrogen and oxygen atoms in total.